The van der Waals surface area contributed by atoms with E-state index in [0.29, 0.717) is 22.8 Å². The van der Waals surface area contributed by atoms with Crippen LogP contribution in [-0.2, 0) is 0 Å². The zero-order chi connectivity index (χ0) is 17.1. The number of carbonyl (C=O) groups is 1. The molecule has 0 aliphatic rings. The number of aryl methyl sites for hydroxylation is 2. The summed E-state index contributed by atoms with van der Waals surface area (Å²) in [7, 11) is 1.49. The van der Waals surface area contributed by atoms with Crippen LogP contribution in [0.5, 0.6) is 6.01 Å². The third-order valence-corrected chi connectivity index (χ3v) is 3.36. The second-order valence-corrected chi connectivity index (χ2v) is 5.03. The van der Waals surface area contributed by atoms with Crippen LogP contribution in [0, 0.1) is 13.8 Å². The first-order chi connectivity index (χ1) is 11.6. The number of ether oxygens (including phenoxy) is 1. The molecule has 0 spiro atoms. The molecule has 0 atom stereocenters. The van der Waals surface area contributed by atoms with E-state index < -0.39 is 5.91 Å². The molecule has 0 fully saturated rings. The summed E-state index contributed by atoms with van der Waals surface area (Å²) in [5, 5.41) is 6.55. The fraction of sp³-hybridized carbons (Fsp3) is 0.188. The van der Waals surface area contributed by atoms with Gasteiger partial charge in [-0.3, -0.25) is 9.78 Å². The average molecular weight is 325 g/mol. The lowest BCUT2D eigenvalue weighted by Crippen LogP contribution is -2.15. The molecule has 0 saturated carbocycles. The van der Waals surface area contributed by atoms with Crippen LogP contribution in [0.3, 0.4) is 0 Å². The van der Waals surface area contributed by atoms with Gasteiger partial charge < -0.3 is 14.6 Å². The van der Waals surface area contributed by atoms with E-state index >= 15 is 0 Å². The smallest absolute Gasteiger partial charge is 0.316 e. The third-order valence-electron chi connectivity index (χ3n) is 3.36. The molecule has 8 nitrogen and oxygen atoms in total. The van der Waals surface area contributed by atoms with Gasteiger partial charge in [-0.1, -0.05) is 5.16 Å². The van der Waals surface area contributed by atoms with Gasteiger partial charge in [-0.05, 0) is 26.0 Å². The minimum absolute atomic E-state index is 0.156. The molecule has 0 saturated heterocycles. The van der Waals surface area contributed by atoms with Crippen molar-refractivity contribution in [2.24, 2.45) is 0 Å². The van der Waals surface area contributed by atoms with Gasteiger partial charge in [0.25, 0.3) is 5.91 Å². The van der Waals surface area contributed by atoms with Crippen molar-refractivity contribution in [2.75, 3.05) is 12.4 Å². The number of methoxy groups -OCH3 is 1. The van der Waals surface area contributed by atoms with Gasteiger partial charge >= 0.3 is 6.01 Å². The largest absolute Gasteiger partial charge is 0.467 e. The Morgan fingerprint density at radius 2 is 2.00 bits per heavy atom. The summed E-state index contributed by atoms with van der Waals surface area (Å²) in [4.78, 5) is 24.7. The van der Waals surface area contributed by atoms with Crippen LogP contribution in [-0.4, -0.2) is 33.1 Å². The van der Waals surface area contributed by atoms with E-state index in [4.69, 9.17) is 9.26 Å². The van der Waals surface area contributed by atoms with Crippen LogP contribution >= 0.6 is 0 Å². The first kappa shape index (κ1) is 15.6. The fourth-order valence-electron chi connectivity index (χ4n) is 2.16. The van der Waals surface area contributed by atoms with Gasteiger partial charge in [0.1, 0.15) is 0 Å². The predicted octanol–water partition coefficient (Wildman–Crippen LogP) is 2.40. The minimum Gasteiger partial charge on any atom is -0.467 e. The maximum absolute atomic E-state index is 12.4. The van der Waals surface area contributed by atoms with Crippen molar-refractivity contribution in [3.63, 3.8) is 0 Å². The normalized spacial score (nSPS) is 10.5. The van der Waals surface area contributed by atoms with Crippen molar-refractivity contribution in [2.45, 2.75) is 13.8 Å². The summed E-state index contributed by atoms with van der Waals surface area (Å²) in [6, 6.07) is 5.41. The maximum Gasteiger partial charge on any atom is 0.316 e. The van der Waals surface area contributed by atoms with E-state index in [-0.39, 0.29) is 11.7 Å². The Kier molecular flexibility index (Phi) is 4.19. The zero-order valence-corrected chi connectivity index (χ0v) is 13.4. The number of nitrogens with one attached hydrogen (secondary N) is 1. The van der Waals surface area contributed by atoms with Crippen molar-refractivity contribution in [1.82, 2.24) is 20.1 Å². The summed E-state index contributed by atoms with van der Waals surface area (Å²) in [5.41, 5.74) is 2.62. The molecule has 3 aromatic heterocycles. The number of amides is 1. The minimum atomic E-state index is -0.408. The Balaban J connectivity index is 1.83. The SMILES string of the molecule is COc1nc(C)c(NC(=O)c2cc(-c3cccnc3)on2)c(C)n1. The monoisotopic (exact) mass is 325 g/mol. The molecule has 0 bridgehead atoms. The van der Waals surface area contributed by atoms with Gasteiger partial charge in [-0.15, -0.1) is 0 Å². The molecule has 24 heavy (non-hydrogen) atoms. The molecule has 0 radical (unpaired) electrons. The highest BCUT2D eigenvalue weighted by atomic mass is 16.5. The molecule has 0 aliphatic heterocycles. The lowest BCUT2D eigenvalue weighted by Gasteiger charge is -2.10. The predicted molar refractivity (Wildman–Crippen MR) is 85.7 cm³/mol. The van der Waals surface area contributed by atoms with E-state index in [9.17, 15) is 4.79 Å². The number of hydrogen-bond acceptors (Lipinski definition) is 7. The number of nitrogens with zero attached hydrogens (tertiary/aromatic N) is 4. The molecular weight excluding hydrogens is 310 g/mol. The van der Waals surface area contributed by atoms with Gasteiger partial charge in [0, 0.05) is 24.0 Å². The van der Waals surface area contributed by atoms with Crippen LogP contribution in [0.1, 0.15) is 21.9 Å². The van der Waals surface area contributed by atoms with Crippen molar-refractivity contribution in [1.29, 1.82) is 0 Å². The van der Waals surface area contributed by atoms with Gasteiger partial charge in [0.2, 0.25) is 0 Å². The number of carbonyl (C=O) groups excluding carboxylic acids is 1. The van der Waals surface area contributed by atoms with E-state index in [0.717, 1.165) is 5.56 Å². The number of hydrogen-bond donors (Lipinski definition) is 1. The Bertz CT molecular complexity index is 853. The van der Waals surface area contributed by atoms with Crippen LogP contribution in [0.4, 0.5) is 5.69 Å². The summed E-state index contributed by atoms with van der Waals surface area (Å²) in [6.07, 6.45) is 3.29. The molecule has 8 heteroatoms. The average Bonchev–Trinajstić information content (AvgIpc) is 3.08. The molecule has 0 aliphatic carbocycles. The Morgan fingerprint density at radius 3 is 2.62 bits per heavy atom. The highest BCUT2D eigenvalue weighted by molar-refractivity contribution is 6.03. The van der Waals surface area contributed by atoms with E-state index in [2.05, 4.69) is 25.4 Å². The van der Waals surface area contributed by atoms with E-state index in [1.54, 1.807) is 38.4 Å². The summed E-state index contributed by atoms with van der Waals surface area (Å²) in [5.74, 6) is 0.0570. The van der Waals surface area contributed by atoms with Crippen molar-refractivity contribution in [3.8, 4) is 17.3 Å². The fourth-order valence-corrected chi connectivity index (χ4v) is 2.16. The van der Waals surface area contributed by atoms with Crippen LogP contribution in [0.2, 0.25) is 0 Å². The van der Waals surface area contributed by atoms with Crippen molar-refractivity contribution >= 4 is 11.6 Å². The lowest BCUT2D eigenvalue weighted by molar-refractivity contribution is 0.101. The number of rotatable bonds is 4. The van der Waals surface area contributed by atoms with Crippen molar-refractivity contribution in [3.05, 3.63) is 47.7 Å². The van der Waals surface area contributed by atoms with Crippen LogP contribution < -0.4 is 10.1 Å². The van der Waals surface area contributed by atoms with Gasteiger partial charge in [-0.25, -0.2) is 0 Å². The second-order valence-electron chi connectivity index (χ2n) is 5.03. The maximum atomic E-state index is 12.4. The van der Waals surface area contributed by atoms with Crippen molar-refractivity contribution < 1.29 is 14.1 Å². The molecule has 0 aromatic carbocycles. The molecular formula is C16H15N5O3. The molecule has 3 aromatic rings. The molecule has 3 rings (SSSR count). The van der Waals surface area contributed by atoms with Gasteiger partial charge in [0.05, 0.1) is 24.2 Å². The molecule has 1 N–H and O–H groups in total. The first-order valence-corrected chi connectivity index (χ1v) is 7.16. The molecule has 3 heterocycles. The quantitative estimate of drug-likeness (QED) is 0.785. The first-order valence-electron chi connectivity index (χ1n) is 7.16. The standard InChI is InChI=1S/C16H15N5O3/c1-9-14(10(2)19-16(18-9)23-3)20-15(22)12-7-13(24-21-12)11-5-4-6-17-8-11/h4-8H,1-3H3,(H,20,22). The highest BCUT2D eigenvalue weighted by Crippen LogP contribution is 2.22. The Labute approximate surface area is 137 Å². The highest BCUT2D eigenvalue weighted by Gasteiger charge is 2.17. The topological polar surface area (TPSA) is 103 Å². The Morgan fingerprint density at radius 1 is 1.25 bits per heavy atom. The third kappa shape index (κ3) is 3.07. The summed E-state index contributed by atoms with van der Waals surface area (Å²) < 4.78 is 10.2. The number of anilines is 1. The zero-order valence-electron chi connectivity index (χ0n) is 13.4. The summed E-state index contributed by atoms with van der Waals surface area (Å²) in [6.45, 7) is 3.52. The summed E-state index contributed by atoms with van der Waals surface area (Å²) >= 11 is 0. The Hall–Kier alpha value is -3.29. The molecule has 1 amide bonds. The van der Waals surface area contributed by atoms with Gasteiger partial charge in [0.15, 0.2) is 11.5 Å². The van der Waals surface area contributed by atoms with Crippen LogP contribution in [0.25, 0.3) is 11.3 Å². The number of aromatic nitrogens is 4. The van der Waals surface area contributed by atoms with Gasteiger partial charge in [-0.2, -0.15) is 9.97 Å². The van der Waals surface area contributed by atoms with E-state index in [1.165, 1.54) is 7.11 Å². The van der Waals surface area contributed by atoms with E-state index in [1.807, 2.05) is 6.07 Å². The lowest BCUT2D eigenvalue weighted by atomic mass is 10.2. The molecule has 122 valence electrons. The van der Waals surface area contributed by atoms with Crippen LogP contribution in [0.15, 0.2) is 35.1 Å². The molecule has 0 unspecified atom stereocenters. The second kappa shape index (κ2) is 6.45. The number of pyridine rings is 1.